The van der Waals surface area contributed by atoms with E-state index in [-0.39, 0.29) is 11.8 Å². The number of hydrogen-bond acceptors (Lipinski definition) is 2. The molecule has 2 aromatic rings. The van der Waals surface area contributed by atoms with Gasteiger partial charge in [-0.2, -0.15) is 0 Å². The second-order valence-electron chi connectivity index (χ2n) is 5.87. The molecule has 0 heterocycles. The van der Waals surface area contributed by atoms with E-state index in [1.807, 2.05) is 42.5 Å². The molecule has 0 aromatic heterocycles. The predicted octanol–water partition coefficient (Wildman–Crippen LogP) is 3.17. The normalized spacial score (nSPS) is 12.0. The van der Waals surface area contributed by atoms with Gasteiger partial charge in [0.05, 0.1) is 0 Å². The van der Waals surface area contributed by atoms with E-state index in [0.717, 1.165) is 11.1 Å². The topological polar surface area (TPSA) is 49.4 Å². The summed E-state index contributed by atoms with van der Waals surface area (Å²) in [6.45, 7) is 0. The molecule has 4 nitrogen and oxygen atoms in total. The summed E-state index contributed by atoms with van der Waals surface area (Å²) in [6, 6.07) is 16.2. The van der Waals surface area contributed by atoms with E-state index < -0.39 is 6.04 Å². The van der Waals surface area contributed by atoms with Crippen LogP contribution in [0.4, 0.5) is 0 Å². The van der Waals surface area contributed by atoms with Crippen LogP contribution in [0.15, 0.2) is 60.7 Å². The third-order valence-electron chi connectivity index (χ3n) is 3.64. The molecule has 25 heavy (non-hydrogen) atoms. The molecule has 5 heteroatoms. The van der Waals surface area contributed by atoms with Crippen LogP contribution in [-0.4, -0.2) is 36.9 Å². The Kier molecular flexibility index (Phi) is 6.78. The summed E-state index contributed by atoms with van der Waals surface area (Å²) in [5.41, 5.74) is 1.85. The van der Waals surface area contributed by atoms with Gasteiger partial charge in [0, 0.05) is 31.6 Å². The number of amides is 2. The van der Waals surface area contributed by atoms with Crippen molar-refractivity contribution < 1.29 is 9.59 Å². The number of carbonyl (C=O) groups is 2. The molecule has 0 saturated carbocycles. The summed E-state index contributed by atoms with van der Waals surface area (Å²) >= 11 is 5.84. The number of rotatable bonds is 6. The molecule has 0 aliphatic rings. The van der Waals surface area contributed by atoms with Gasteiger partial charge in [-0.1, -0.05) is 54.1 Å². The molecule has 0 aliphatic heterocycles. The van der Waals surface area contributed by atoms with Crippen LogP contribution >= 0.6 is 11.6 Å². The summed E-state index contributed by atoms with van der Waals surface area (Å²) in [7, 11) is 3.35. The van der Waals surface area contributed by atoms with Crippen LogP contribution in [0, 0.1) is 0 Å². The van der Waals surface area contributed by atoms with E-state index in [1.165, 1.54) is 11.0 Å². The lowest BCUT2D eigenvalue weighted by atomic mass is 10.0. The van der Waals surface area contributed by atoms with Crippen molar-refractivity contribution in [1.82, 2.24) is 10.2 Å². The van der Waals surface area contributed by atoms with Crippen molar-refractivity contribution in [2.45, 2.75) is 12.5 Å². The zero-order valence-electron chi connectivity index (χ0n) is 14.3. The van der Waals surface area contributed by atoms with Gasteiger partial charge in [0.15, 0.2) is 0 Å². The molecule has 2 aromatic carbocycles. The Morgan fingerprint density at radius 1 is 1.08 bits per heavy atom. The molecule has 1 atom stereocenters. The van der Waals surface area contributed by atoms with Gasteiger partial charge in [0.2, 0.25) is 11.8 Å². The average Bonchev–Trinajstić information content (AvgIpc) is 2.61. The van der Waals surface area contributed by atoms with Crippen LogP contribution in [0.2, 0.25) is 5.02 Å². The number of nitrogens with one attached hydrogen (secondary N) is 1. The van der Waals surface area contributed by atoms with Gasteiger partial charge < -0.3 is 10.2 Å². The van der Waals surface area contributed by atoms with Gasteiger partial charge in [0.1, 0.15) is 6.04 Å². The van der Waals surface area contributed by atoms with E-state index >= 15 is 0 Å². The van der Waals surface area contributed by atoms with Crippen molar-refractivity contribution in [2.24, 2.45) is 0 Å². The first kappa shape index (κ1) is 18.7. The third-order valence-corrected chi connectivity index (χ3v) is 3.89. The van der Waals surface area contributed by atoms with Gasteiger partial charge in [-0.15, -0.1) is 0 Å². The summed E-state index contributed by atoms with van der Waals surface area (Å²) in [5.74, 6) is -0.455. The Balaban J connectivity index is 2.05. The van der Waals surface area contributed by atoms with Crippen LogP contribution in [0.1, 0.15) is 11.1 Å². The minimum absolute atomic E-state index is 0.142. The molecule has 1 unspecified atom stereocenters. The first-order valence-electron chi connectivity index (χ1n) is 7.95. The maximum absolute atomic E-state index is 12.4. The number of carbonyl (C=O) groups excluding carboxylic acids is 2. The monoisotopic (exact) mass is 356 g/mol. The maximum atomic E-state index is 12.4. The van der Waals surface area contributed by atoms with Crippen molar-refractivity contribution in [3.05, 3.63) is 76.8 Å². The molecule has 130 valence electrons. The second kappa shape index (κ2) is 9.04. The highest BCUT2D eigenvalue weighted by atomic mass is 35.5. The van der Waals surface area contributed by atoms with E-state index in [9.17, 15) is 9.59 Å². The van der Waals surface area contributed by atoms with Crippen molar-refractivity contribution in [3.63, 3.8) is 0 Å². The van der Waals surface area contributed by atoms with Gasteiger partial charge in [-0.05, 0) is 29.3 Å². The first-order valence-corrected chi connectivity index (χ1v) is 8.33. The minimum Gasteiger partial charge on any atom is -0.347 e. The van der Waals surface area contributed by atoms with Gasteiger partial charge in [-0.25, -0.2) is 0 Å². The van der Waals surface area contributed by atoms with E-state index in [4.69, 9.17) is 11.6 Å². The lowest BCUT2D eigenvalue weighted by Crippen LogP contribution is -2.47. The van der Waals surface area contributed by atoms with Crippen molar-refractivity contribution in [1.29, 1.82) is 0 Å². The van der Waals surface area contributed by atoms with Crippen molar-refractivity contribution in [3.8, 4) is 0 Å². The zero-order valence-corrected chi connectivity index (χ0v) is 15.0. The van der Waals surface area contributed by atoms with Crippen LogP contribution in [-0.2, 0) is 16.0 Å². The highest BCUT2D eigenvalue weighted by Crippen LogP contribution is 2.10. The maximum Gasteiger partial charge on any atom is 0.244 e. The van der Waals surface area contributed by atoms with Gasteiger partial charge in [-0.3, -0.25) is 9.59 Å². The molecular formula is C20H21ClN2O2. The van der Waals surface area contributed by atoms with Crippen LogP contribution < -0.4 is 5.32 Å². The van der Waals surface area contributed by atoms with Crippen LogP contribution in [0.25, 0.3) is 6.08 Å². The zero-order chi connectivity index (χ0) is 18.2. The molecule has 0 saturated heterocycles. The molecule has 2 amide bonds. The Labute approximate surface area is 153 Å². The first-order chi connectivity index (χ1) is 12.0. The fourth-order valence-corrected chi connectivity index (χ4v) is 2.45. The van der Waals surface area contributed by atoms with E-state index in [0.29, 0.717) is 11.4 Å². The van der Waals surface area contributed by atoms with E-state index in [2.05, 4.69) is 5.32 Å². The van der Waals surface area contributed by atoms with Gasteiger partial charge in [0.25, 0.3) is 0 Å². The Bertz CT molecular complexity index is 740. The number of hydrogen-bond donors (Lipinski definition) is 1. The average molecular weight is 357 g/mol. The summed E-state index contributed by atoms with van der Waals surface area (Å²) in [6.07, 6.45) is 3.55. The molecule has 0 aliphatic carbocycles. The predicted molar refractivity (Wildman–Crippen MR) is 101 cm³/mol. The summed E-state index contributed by atoms with van der Waals surface area (Å²) < 4.78 is 0. The highest BCUT2D eigenvalue weighted by Gasteiger charge is 2.21. The third kappa shape index (κ3) is 6.08. The smallest absolute Gasteiger partial charge is 0.244 e. The summed E-state index contributed by atoms with van der Waals surface area (Å²) in [5, 5.41) is 3.43. The van der Waals surface area contributed by atoms with Crippen LogP contribution in [0.5, 0.6) is 0 Å². The Hall–Kier alpha value is -2.59. The lowest BCUT2D eigenvalue weighted by Gasteiger charge is -2.21. The fourth-order valence-electron chi connectivity index (χ4n) is 2.33. The summed E-state index contributed by atoms with van der Waals surface area (Å²) in [4.78, 5) is 26.1. The number of nitrogens with zero attached hydrogens (tertiary/aromatic N) is 1. The molecule has 0 fully saturated rings. The SMILES string of the molecule is CN(C)C(=O)C(Cc1ccccc1)NC(=O)/C=C/c1ccc(Cl)cc1. The van der Waals surface area contributed by atoms with Gasteiger partial charge >= 0.3 is 0 Å². The lowest BCUT2D eigenvalue weighted by molar-refractivity contribution is -0.133. The molecule has 0 radical (unpaired) electrons. The minimum atomic E-state index is -0.611. The van der Waals surface area contributed by atoms with Crippen molar-refractivity contribution in [2.75, 3.05) is 14.1 Å². The number of benzene rings is 2. The van der Waals surface area contributed by atoms with E-state index in [1.54, 1.807) is 32.3 Å². The molecule has 2 rings (SSSR count). The quantitative estimate of drug-likeness (QED) is 0.808. The Morgan fingerprint density at radius 3 is 2.32 bits per heavy atom. The van der Waals surface area contributed by atoms with Crippen molar-refractivity contribution >= 4 is 29.5 Å². The molecule has 0 spiro atoms. The molecule has 0 bridgehead atoms. The number of likely N-dealkylation sites (N-methyl/N-ethyl adjacent to an activating group) is 1. The second-order valence-corrected chi connectivity index (χ2v) is 6.30. The molecule has 1 N–H and O–H groups in total. The van der Waals surface area contributed by atoms with Crippen LogP contribution in [0.3, 0.4) is 0 Å². The highest BCUT2D eigenvalue weighted by molar-refractivity contribution is 6.30. The standard InChI is InChI=1S/C20H21ClN2O2/c1-23(2)20(25)18(14-16-6-4-3-5-7-16)22-19(24)13-10-15-8-11-17(21)12-9-15/h3-13,18H,14H2,1-2H3,(H,22,24)/b13-10+. The largest absolute Gasteiger partial charge is 0.347 e. The fraction of sp³-hybridized carbons (Fsp3) is 0.200. The number of halogens is 1. The molecular weight excluding hydrogens is 336 g/mol. The Morgan fingerprint density at radius 2 is 1.72 bits per heavy atom.